The molecular weight excluding hydrogens is 416 g/mol. The van der Waals surface area contributed by atoms with Gasteiger partial charge in [0.15, 0.2) is 5.78 Å². The number of halogens is 1. The quantitative estimate of drug-likeness (QED) is 0.654. The fourth-order valence-electron chi connectivity index (χ4n) is 4.48. The molecule has 7 nitrogen and oxygen atoms in total. The largest absolute Gasteiger partial charge is 0.497 e. The molecule has 1 aromatic heterocycles. The molecule has 2 heterocycles. The SMILES string of the molecule is COc1ccc([C@H]2CC(=O)C3=C(C2)Nc2ncnn2[C@H]3c2ccc(Cl)cc2)c(OC)c1. The zero-order chi connectivity index (χ0) is 21.5. The summed E-state index contributed by atoms with van der Waals surface area (Å²) in [5, 5.41) is 8.36. The van der Waals surface area contributed by atoms with Crippen molar-refractivity contribution in [1.82, 2.24) is 14.8 Å². The number of allylic oxidation sites excluding steroid dienone is 2. The van der Waals surface area contributed by atoms with Crippen molar-refractivity contribution in [1.29, 1.82) is 0 Å². The molecule has 0 saturated heterocycles. The van der Waals surface area contributed by atoms with Gasteiger partial charge in [0.25, 0.3) is 0 Å². The van der Waals surface area contributed by atoms with Gasteiger partial charge < -0.3 is 14.8 Å². The van der Waals surface area contributed by atoms with Gasteiger partial charge in [-0.25, -0.2) is 4.68 Å². The van der Waals surface area contributed by atoms with Crippen LogP contribution in [-0.2, 0) is 4.79 Å². The minimum atomic E-state index is -0.336. The zero-order valence-corrected chi connectivity index (χ0v) is 17.9. The van der Waals surface area contributed by atoms with Crippen LogP contribution in [0.3, 0.4) is 0 Å². The Bertz CT molecular complexity index is 1190. The second-order valence-electron chi connectivity index (χ2n) is 7.64. The average molecular weight is 437 g/mol. The number of anilines is 1. The van der Waals surface area contributed by atoms with Gasteiger partial charge in [-0.05, 0) is 35.7 Å². The number of Topliss-reactive ketones (excluding diaryl/α,β-unsaturated/α-hetero) is 1. The Morgan fingerprint density at radius 1 is 1.10 bits per heavy atom. The van der Waals surface area contributed by atoms with Gasteiger partial charge in [-0.15, -0.1) is 0 Å². The molecular formula is C23H21ClN4O3. The third kappa shape index (κ3) is 3.35. The van der Waals surface area contributed by atoms with Crippen molar-refractivity contribution in [3.8, 4) is 11.5 Å². The van der Waals surface area contributed by atoms with Crippen LogP contribution < -0.4 is 14.8 Å². The first-order valence-corrected chi connectivity index (χ1v) is 10.4. The van der Waals surface area contributed by atoms with Crippen molar-refractivity contribution in [2.45, 2.75) is 24.8 Å². The van der Waals surface area contributed by atoms with Crippen LogP contribution in [0, 0.1) is 0 Å². The van der Waals surface area contributed by atoms with Crippen LogP contribution in [0.4, 0.5) is 5.95 Å². The molecule has 1 aliphatic carbocycles. The Labute approximate surface area is 184 Å². The second kappa shape index (κ2) is 7.74. The molecule has 31 heavy (non-hydrogen) atoms. The Hall–Kier alpha value is -3.32. The maximum Gasteiger partial charge on any atom is 0.226 e. The highest BCUT2D eigenvalue weighted by Crippen LogP contribution is 2.45. The second-order valence-corrected chi connectivity index (χ2v) is 8.07. The van der Waals surface area contributed by atoms with Gasteiger partial charge >= 0.3 is 0 Å². The number of fused-ring (bicyclic) bond motifs is 1. The van der Waals surface area contributed by atoms with E-state index in [4.69, 9.17) is 21.1 Å². The first kappa shape index (κ1) is 19.6. The van der Waals surface area contributed by atoms with Crippen LogP contribution in [0.15, 0.2) is 60.1 Å². The summed E-state index contributed by atoms with van der Waals surface area (Å²) in [6, 6.07) is 12.9. The number of methoxy groups -OCH3 is 2. The van der Waals surface area contributed by atoms with E-state index >= 15 is 0 Å². The summed E-state index contributed by atoms with van der Waals surface area (Å²) in [6.45, 7) is 0. The monoisotopic (exact) mass is 436 g/mol. The molecule has 0 spiro atoms. The van der Waals surface area contributed by atoms with Gasteiger partial charge in [0.05, 0.1) is 14.2 Å². The lowest BCUT2D eigenvalue weighted by Gasteiger charge is -2.35. The standard InChI is InChI=1S/C23H21ClN4O3/c1-30-16-7-8-17(20(11-16)31-2)14-9-18-21(19(29)10-14)22(13-3-5-15(24)6-4-13)28-23(27-18)25-12-26-28/h3-8,11-12,14,22H,9-10H2,1-2H3,(H,25,26,27)/t14-,22+/m1/s1. The number of hydrogen-bond acceptors (Lipinski definition) is 6. The van der Waals surface area contributed by atoms with Crippen LogP contribution >= 0.6 is 11.6 Å². The minimum absolute atomic E-state index is 0.0139. The number of ketones is 1. The van der Waals surface area contributed by atoms with Crippen LogP contribution in [0.1, 0.15) is 35.9 Å². The van der Waals surface area contributed by atoms with Crippen molar-refractivity contribution in [2.24, 2.45) is 0 Å². The lowest BCUT2D eigenvalue weighted by atomic mass is 9.77. The molecule has 0 saturated carbocycles. The molecule has 2 aromatic carbocycles. The maximum absolute atomic E-state index is 13.5. The summed E-state index contributed by atoms with van der Waals surface area (Å²) in [7, 11) is 3.25. The maximum atomic E-state index is 13.5. The van der Waals surface area contributed by atoms with Crippen LogP contribution in [0.2, 0.25) is 5.02 Å². The average Bonchev–Trinajstić information content (AvgIpc) is 3.26. The van der Waals surface area contributed by atoms with Gasteiger partial charge in [0.2, 0.25) is 5.95 Å². The van der Waals surface area contributed by atoms with Crippen molar-refractivity contribution in [3.63, 3.8) is 0 Å². The van der Waals surface area contributed by atoms with E-state index < -0.39 is 0 Å². The zero-order valence-electron chi connectivity index (χ0n) is 17.1. The number of carbonyl (C=O) groups is 1. The van der Waals surface area contributed by atoms with E-state index in [1.54, 1.807) is 18.9 Å². The van der Waals surface area contributed by atoms with E-state index in [0.29, 0.717) is 29.6 Å². The van der Waals surface area contributed by atoms with E-state index in [0.717, 1.165) is 28.1 Å². The van der Waals surface area contributed by atoms with E-state index in [2.05, 4.69) is 15.4 Å². The molecule has 2 atom stereocenters. The number of aromatic nitrogens is 3. The third-order valence-electron chi connectivity index (χ3n) is 5.93. The molecule has 158 valence electrons. The predicted molar refractivity (Wildman–Crippen MR) is 117 cm³/mol. The van der Waals surface area contributed by atoms with Gasteiger partial charge in [0, 0.05) is 34.7 Å². The summed E-state index contributed by atoms with van der Waals surface area (Å²) in [5.41, 5.74) is 3.53. The van der Waals surface area contributed by atoms with Crippen molar-refractivity contribution >= 4 is 23.3 Å². The van der Waals surface area contributed by atoms with Gasteiger partial charge in [0.1, 0.15) is 23.9 Å². The minimum Gasteiger partial charge on any atom is -0.497 e. The highest BCUT2D eigenvalue weighted by Gasteiger charge is 2.39. The van der Waals surface area contributed by atoms with E-state index in [1.807, 2.05) is 42.5 Å². The molecule has 1 aliphatic heterocycles. The number of nitrogens with zero attached hydrogens (tertiary/aromatic N) is 3. The van der Waals surface area contributed by atoms with Gasteiger partial charge in [-0.2, -0.15) is 10.1 Å². The Morgan fingerprint density at radius 2 is 1.90 bits per heavy atom. The lowest BCUT2D eigenvalue weighted by Crippen LogP contribution is -2.33. The number of carbonyl (C=O) groups excluding carboxylic acids is 1. The Balaban J connectivity index is 1.57. The molecule has 0 unspecified atom stereocenters. The van der Waals surface area contributed by atoms with Crippen LogP contribution in [-0.4, -0.2) is 34.8 Å². The van der Waals surface area contributed by atoms with E-state index in [-0.39, 0.29) is 17.7 Å². The number of nitrogens with one attached hydrogen (secondary N) is 1. The number of ether oxygens (including phenoxy) is 2. The normalized spacial score (nSPS) is 20.0. The summed E-state index contributed by atoms with van der Waals surface area (Å²) in [4.78, 5) is 17.8. The first-order valence-electron chi connectivity index (χ1n) is 9.99. The van der Waals surface area contributed by atoms with Crippen molar-refractivity contribution in [2.75, 3.05) is 19.5 Å². The van der Waals surface area contributed by atoms with Crippen molar-refractivity contribution < 1.29 is 14.3 Å². The topological polar surface area (TPSA) is 78.3 Å². The van der Waals surface area contributed by atoms with E-state index in [9.17, 15) is 4.79 Å². The number of benzene rings is 2. The number of hydrogen-bond donors (Lipinski definition) is 1. The number of rotatable bonds is 4. The van der Waals surface area contributed by atoms with Crippen LogP contribution in [0.25, 0.3) is 0 Å². The van der Waals surface area contributed by atoms with E-state index in [1.165, 1.54) is 6.33 Å². The Kier molecular flexibility index (Phi) is 4.90. The summed E-state index contributed by atoms with van der Waals surface area (Å²) in [6.07, 6.45) is 2.55. The summed E-state index contributed by atoms with van der Waals surface area (Å²) in [5.74, 6) is 2.12. The molecule has 0 fully saturated rings. The van der Waals surface area contributed by atoms with Crippen molar-refractivity contribution in [3.05, 3.63) is 76.2 Å². The molecule has 5 rings (SSSR count). The molecule has 1 N–H and O–H groups in total. The smallest absolute Gasteiger partial charge is 0.226 e. The third-order valence-corrected chi connectivity index (χ3v) is 6.18. The molecule has 0 amide bonds. The molecule has 2 aliphatic rings. The Morgan fingerprint density at radius 3 is 2.65 bits per heavy atom. The first-order chi connectivity index (χ1) is 15.1. The van der Waals surface area contributed by atoms with Gasteiger partial charge in [-0.3, -0.25) is 4.79 Å². The van der Waals surface area contributed by atoms with Gasteiger partial charge in [-0.1, -0.05) is 29.8 Å². The predicted octanol–water partition coefficient (Wildman–Crippen LogP) is 4.36. The highest BCUT2D eigenvalue weighted by atomic mass is 35.5. The fourth-order valence-corrected chi connectivity index (χ4v) is 4.61. The summed E-state index contributed by atoms with van der Waals surface area (Å²) < 4.78 is 12.7. The lowest BCUT2D eigenvalue weighted by molar-refractivity contribution is -0.116. The van der Waals surface area contributed by atoms with Crippen LogP contribution in [0.5, 0.6) is 11.5 Å². The molecule has 3 aromatic rings. The summed E-state index contributed by atoms with van der Waals surface area (Å²) >= 11 is 6.09. The molecule has 0 radical (unpaired) electrons. The molecule has 0 bridgehead atoms. The molecule has 8 heteroatoms. The highest BCUT2D eigenvalue weighted by molar-refractivity contribution is 6.30. The fraction of sp³-hybridized carbons (Fsp3) is 0.261.